The highest BCUT2D eigenvalue weighted by Crippen LogP contribution is 2.36. The number of carbonyl (C=O) groups is 1. The van der Waals surface area contributed by atoms with Gasteiger partial charge in [0.2, 0.25) is 0 Å². The van der Waals surface area contributed by atoms with Crippen molar-refractivity contribution < 1.29 is 14.3 Å². The van der Waals surface area contributed by atoms with Crippen molar-refractivity contribution in [3.63, 3.8) is 0 Å². The molecule has 1 aromatic rings. The van der Waals surface area contributed by atoms with E-state index in [1.165, 1.54) is 7.11 Å². The van der Waals surface area contributed by atoms with Crippen LogP contribution in [0, 0.1) is 0 Å². The van der Waals surface area contributed by atoms with Crippen molar-refractivity contribution in [1.29, 1.82) is 0 Å². The van der Waals surface area contributed by atoms with Crippen molar-refractivity contribution in [2.45, 2.75) is 19.9 Å². The minimum atomic E-state index is -0.194. The zero-order chi connectivity index (χ0) is 14.4. The van der Waals surface area contributed by atoms with Gasteiger partial charge in [-0.3, -0.25) is 4.79 Å². The predicted molar refractivity (Wildman–Crippen MR) is 77.8 cm³/mol. The van der Waals surface area contributed by atoms with Crippen molar-refractivity contribution in [2.24, 2.45) is 5.73 Å². The number of methoxy groups -OCH3 is 1. The third kappa shape index (κ3) is 4.11. The van der Waals surface area contributed by atoms with E-state index in [9.17, 15) is 4.79 Å². The van der Waals surface area contributed by atoms with Gasteiger partial charge in [-0.2, -0.15) is 0 Å². The number of halogens is 1. The van der Waals surface area contributed by atoms with Crippen LogP contribution >= 0.6 is 15.9 Å². The fourth-order valence-corrected chi connectivity index (χ4v) is 2.06. The van der Waals surface area contributed by atoms with Crippen LogP contribution in [0.4, 0.5) is 0 Å². The van der Waals surface area contributed by atoms with Crippen molar-refractivity contribution in [3.8, 4) is 11.5 Å². The molecule has 0 spiro atoms. The summed E-state index contributed by atoms with van der Waals surface area (Å²) in [6.07, 6.45) is 0. The highest BCUT2D eigenvalue weighted by Gasteiger charge is 2.16. The molecule has 6 heteroatoms. The van der Waals surface area contributed by atoms with Gasteiger partial charge in [-0.25, -0.2) is 0 Å². The van der Waals surface area contributed by atoms with Gasteiger partial charge in [-0.15, -0.1) is 0 Å². The molecule has 1 rings (SSSR count). The smallest absolute Gasteiger partial charge is 0.251 e. The Bertz CT molecular complexity index is 452. The topological polar surface area (TPSA) is 73.6 Å². The second kappa shape index (κ2) is 7.35. The summed E-state index contributed by atoms with van der Waals surface area (Å²) in [4.78, 5) is 12.0. The normalized spacial score (nSPS) is 11.8. The van der Waals surface area contributed by atoms with Gasteiger partial charge in [0.25, 0.3) is 5.91 Å². The Morgan fingerprint density at radius 3 is 2.74 bits per heavy atom. The molecule has 5 nitrogen and oxygen atoms in total. The van der Waals surface area contributed by atoms with E-state index >= 15 is 0 Å². The lowest BCUT2D eigenvalue weighted by molar-refractivity contribution is 0.0941. The van der Waals surface area contributed by atoms with Crippen LogP contribution in [0.2, 0.25) is 0 Å². The molecule has 0 aromatic heterocycles. The van der Waals surface area contributed by atoms with Gasteiger partial charge in [-0.1, -0.05) is 0 Å². The van der Waals surface area contributed by atoms with Gasteiger partial charge in [-0.05, 0) is 41.9 Å². The number of amides is 1. The molecule has 0 heterocycles. The molecule has 0 aliphatic rings. The second-order valence-corrected chi connectivity index (χ2v) is 4.89. The molecule has 0 fully saturated rings. The zero-order valence-corrected chi connectivity index (χ0v) is 12.9. The second-order valence-electron chi connectivity index (χ2n) is 4.03. The summed E-state index contributed by atoms with van der Waals surface area (Å²) in [7, 11) is 1.54. The molecule has 0 aliphatic heterocycles. The first kappa shape index (κ1) is 15.8. The van der Waals surface area contributed by atoms with Crippen LogP contribution in [0.3, 0.4) is 0 Å². The lowest BCUT2D eigenvalue weighted by atomic mass is 10.1. The number of nitrogens with two attached hydrogens (primary N) is 1. The maximum absolute atomic E-state index is 12.0. The Morgan fingerprint density at radius 1 is 1.53 bits per heavy atom. The summed E-state index contributed by atoms with van der Waals surface area (Å²) in [5, 5.41) is 2.79. The molecule has 3 N–H and O–H groups in total. The maximum atomic E-state index is 12.0. The summed E-state index contributed by atoms with van der Waals surface area (Å²) < 4.78 is 11.4. The molecule has 0 unspecified atom stereocenters. The zero-order valence-electron chi connectivity index (χ0n) is 11.3. The van der Waals surface area contributed by atoms with Crippen LogP contribution in [-0.2, 0) is 0 Å². The van der Waals surface area contributed by atoms with Crippen LogP contribution in [0.5, 0.6) is 11.5 Å². The van der Waals surface area contributed by atoms with Crippen LogP contribution in [0.15, 0.2) is 16.6 Å². The van der Waals surface area contributed by atoms with Crippen molar-refractivity contribution in [3.05, 3.63) is 22.2 Å². The Balaban J connectivity index is 3.04. The quantitative estimate of drug-likeness (QED) is 0.835. The molecule has 0 aliphatic carbocycles. The average Bonchev–Trinajstić information content (AvgIpc) is 2.40. The molecule has 19 heavy (non-hydrogen) atoms. The minimum absolute atomic E-state index is 0.0798. The number of rotatable bonds is 6. The fourth-order valence-electron chi connectivity index (χ4n) is 1.50. The maximum Gasteiger partial charge on any atom is 0.251 e. The number of carbonyl (C=O) groups excluding carboxylic acids is 1. The number of hydrogen-bond acceptors (Lipinski definition) is 4. The van der Waals surface area contributed by atoms with E-state index < -0.39 is 0 Å². The minimum Gasteiger partial charge on any atom is -0.493 e. The molecule has 1 amide bonds. The van der Waals surface area contributed by atoms with Crippen LogP contribution in [-0.4, -0.2) is 32.2 Å². The van der Waals surface area contributed by atoms with E-state index in [2.05, 4.69) is 21.2 Å². The number of ether oxygens (including phenoxy) is 2. The van der Waals surface area contributed by atoms with Gasteiger partial charge in [0.15, 0.2) is 11.5 Å². The Labute approximate surface area is 121 Å². The first-order chi connectivity index (χ1) is 9.03. The SMILES string of the molecule is CCOc1c(Br)cc(C(=O)N[C@@H](C)CN)cc1OC. The van der Waals surface area contributed by atoms with E-state index in [0.717, 1.165) is 0 Å². The van der Waals surface area contributed by atoms with Crippen molar-refractivity contribution in [1.82, 2.24) is 5.32 Å². The summed E-state index contributed by atoms with van der Waals surface area (Å²) in [5.74, 6) is 0.912. The lowest BCUT2D eigenvalue weighted by Crippen LogP contribution is -2.37. The molecular formula is C13H19BrN2O3. The summed E-state index contributed by atoms with van der Waals surface area (Å²) >= 11 is 3.38. The van der Waals surface area contributed by atoms with Gasteiger partial charge >= 0.3 is 0 Å². The van der Waals surface area contributed by atoms with Crippen LogP contribution < -0.4 is 20.5 Å². The Morgan fingerprint density at radius 2 is 2.21 bits per heavy atom. The molecule has 0 radical (unpaired) electrons. The van der Waals surface area contributed by atoms with Gasteiger partial charge in [0, 0.05) is 18.2 Å². The molecule has 0 saturated heterocycles. The highest BCUT2D eigenvalue weighted by atomic mass is 79.9. The summed E-state index contributed by atoms with van der Waals surface area (Å²) in [6, 6.07) is 3.27. The fraction of sp³-hybridized carbons (Fsp3) is 0.462. The number of nitrogens with one attached hydrogen (secondary N) is 1. The predicted octanol–water partition coefficient (Wildman–Crippen LogP) is 1.93. The number of hydrogen-bond donors (Lipinski definition) is 2. The van der Waals surface area contributed by atoms with Crippen LogP contribution in [0.1, 0.15) is 24.2 Å². The third-order valence-electron chi connectivity index (χ3n) is 2.51. The van der Waals surface area contributed by atoms with E-state index in [4.69, 9.17) is 15.2 Å². The van der Waals surface area contributed by atoms with Gasteiger partial charge in [0.1, 0.15) is 0 Å². The number of benzene rings is 1. The lowest BCUT2D eigenvalue weighted by Gasteiger charge is -2.15. The van der Waals surface area contributed by atoms with Crippen LogP contribution in [0.25, 0.3) is 0 Å². The highest BCUT2D eigenvalue weighted by molar-refractivity contribution is 9.10. The van der Waals surface area contributed by atoms with E-state index in [1.54, 1.807) is 12.1 Å². The summed E-state index contributed by atoms with van der Waals surface area (Å²) in [6.45, 7) is 4.64. The van der Waals surface area contributed by atoms with Crippen molar-refractivity contribution >= 4 is 21.8 Å². The van der Waals surface area contributed by atoms with E-state index in [1.807, 2.05) is 13.8 Å². The Hall–Kier alpha value is -1.27. The van der Waals surface area contributed by atoms with E-state index in [0.29, 0.717) is 34.7 Å². The molecule has 0 bridgehead atoms. The molecular weight excluding hydrogens is 312 g/mol. The first-order valence-corrected chi connectivity index (χ1v) is 6.84. The Kier molecular flexibility index (Phi) is 6.11. The van der Waals surface area contributed by atoms with Gasteiger partial charge < -0.3 is 20.5 Å². The first-order valence-electron chi connectivity index (χ1n) is 6.04. The van der Waals surface area contributed by atoms with Gasteiger partial charge in [0.05, 0.1) is 18.2 Å². The van der Waals surface area contributed by atoms with Crippen molar-refractivity contribution in [2.75, 3.05) is 20.3 Å². The molecule has 0 saturated carbocycles. The third-order valence-corrected chi connectivity index (χ3v) is 3.10. The molecule has 1 atom stereocenters. The molecule has 106 valence electrons. The molecule has 1 aromatic carbocycles. The van der Waals surface area contributed by atoms with E-state index in [-0.39, 0.29) is 11.9 Å². The largest absolute Gasteiger partial charge is 0.493 e. The average molecular weight is 331 g/mol. The summed E-state index contributed by atoms with van der Waals surface area (Å²) in [5.41, 5.74) is 5.97. The monoisotopic (exact) mass is 330 g/mol. The standard InChI is InChI=1S/C13H19BrN2O3/c1-4-19-12-10(14)5-9(6-11(12)18-3)13(17)16-8(2)7-15/h5-6,8H,4,7,15H2,1-3H3,(H,16,17)/t8-/m0/s1.